The summed E-state index contributed by atoms with van der Waals surface area (Å²) in [6.45, 7) is 6.28. The van der Waals surface area contributed by atoms with Gasteiger partial charge in [-0.05, 0) is 51.1 Å². The lowest BCUT2D eigenvalue weighted by atomic mass is 9.97. The van der Waals surface area contributed by atoms with Crippen LogP contribution in [-0.4, -0.2) is 47.5 Å². The molecule has 0 radical (unpaired) electrons. The molecule has 1 aromatic heterocycles. The second kappa shape index (κ2) is 6.22. The summed E-state index contributed by atoms with van der Waals surface area (Å²) in [5.41, 5.74) is 3.81. The highest BCUT2D eigenvalue weighted by Gasteiger charge is 2.23. The van der Waals surface area contributed by atoms with Crippen molar-refractivity contribution in [2.24, 2.45) is 0 Å². The third-order valence-electron chi connectivity index (χ3n) is 3.41. The largest absolute Gasteiger partial charge is 0.336 e. The van der Waals surface area contributed by atoms with Gasteiger partial charge in [0.05, 0.1) is 0 Å². The number of hydrogen-bond acceptors (Lipinski definition) is 3. The van der Waals surface area contributed by atoms with Gasteiger partial charge in [-0.25, -0.2) is 4.79 Å². The molecule has 0 saturated heterocycles. The monoisotopic (exact) mass is 276 g/mol. The number of amides is 2. The highest BCUT2D eigenvalue weighted by atomic mass is 16.2. The number of hydrogen-bond donors (Lipinski definition) is 1. The van der Waals surface area contributed by atoms with Gasteiger partial charge in [0, 0.05) is 38.1 Å². The van der Waals surface area contributed by atoms with Gasteiger partial charge in [0.25, 0.3) is 0 Å². The molecular weight excluding hydrogens is 252 g/mol. The van der Waals surface area contributed by atoms with E-state index in [1.807, 2.05) is 31.1 Å². The summed E-state index contributed by atoms with van der Waals surface area (Å²) in [4.78, 5) is 20.4. The van der Waals surface area contributed by atoms with E-state index in [4.69, 9.17) is 0 Å². The smallest absolute Gasteiger partial charge is 0.317 e. The third-order valence-corrected chi connectivity index (χ3v) is 3.41. The molecule has 5 nitrogen and oxygen atoms in total. The van der Waals surface area contributed by atoms with E-state index in [-0.39, 0.29) is 12.1 Å². The minimum absolute atomic E-state index is 0.0173. The molecule has 0 spiro atoms. The number of rotatable bonds is 3. The Balaban J connectivity index is 2.13. The molecule has 110 valence electrons. The SMILES string of the molecule is CC(C)NC(=O)N1CCc2c(CN(C)C)cncc2C1. The summed E-state index contributed by atoms with van der Waals surface area (Å²) in [7, 11) is 4.12. The Morgan fingerprint density at radius 1 is 1.45 bits per heavy atom. The van der Waals surface area contributed by atoms with Crippen LogP contribution >= 0.6 is 0 Å². The number of urea groups is 1. The van der Waals surface area contributed by atoms with Crippen LogP contribution in [0.2, 0.25) is 0 Å². The van der Waals surface area contributed by atoms with Crippen molar-refractivity contribution < 1.29 is 4.79 Å². The maximum Gasteiger partial charge on any atom is 0.317 e. The third kappa shape index (κ3) is 3.48. The van der Waals surface area contributed by atoms with Crippen molar-refractivity contribution in [2.75, 3.05) is 20.6 Å². The van der Waals surface area contributed by atoms with Gasteiger partial charge in [-0.1, -0.05) is 0 Å². The molecule has 2 amide bonds. The minimum Gasteiger partial charge on any atom is -0.336 e. The number of nitrogens with one attached hydrogen (secondary N) is 1. The first-order valence-corrected chi connectivity index (χ1v) is 7.12. The van der Waals surface area contributed by atoms with Crippen LogP contribution in [0.15, 0.2) is 12.4 Å². The molecule has 0 atom stereocenters. The van der Waals surface area contributed by atoms with Gasteiger partial charge in [-0.2, -0.15) is 0 Å². The molecule has 1 aromatic rings. The van der Waals surface area contributed by atoms with Crippen molar-refractivity contribution in [1.29, 1.82) is 0 Å². The van der Waals surface area contributed by atoms with Crippen LogP contribution in [0.5, 0.6) is 0 Å². The van der Waals surface area contributed by atoms with Gasteiger partial charge in [0.15, 0.2) is 0 Å². The normalized spacial score (nSPS) is 14.6. The van der Waals surface area contributed by atoms with Crippen molar-refractivity contribution in [3.8, 4) is 0 Å². The molecule has 0 aliphatic carbocycles. The van der Waals surface area contributed by atoms with Gasteiger partial charge in [0.1, 0.15) is 0 Å². The Bertz CT molecular complexity index is 485. The molecular formula is C15H24N4O. The van der Waals surface area contributed by atoms with Crippen LogP contribution in [0.3, 0.4) is 0 Å². The van der Waals surface area contributed by atoms with E-state index < -0.39 is 0 Å². The molecule has 20 heavy (non-hydrogen) atoms. The Morgan fingerprint density at radius 2 is 2.20 bits per heavy atom. The van der Waals surface area contributed by atoms with Crippen LogP contribution in [-0.2, 0) is 19.5 Å². The fourth-order valence-electron chi connectivity index (χ4n) is 2.56. The molecule has 2 rings (SSSR count). The van der Waals surface area contributed by atoms with E-state index in [1.165, 1.54) is 16.7 Å². The molecule has 0 aromatic carbocycles. The molecule has 0 fully saturated rings. The van der Waals surface area contributed by atoms with Crippen molar-refractivity contribution in [3.05, 3.63) is 29.1 Å². The standard InChI is InChI=1S/C15H24N4O/c1-11(2)17-15(20)19-6-5-14-12(9-18(3)4)7-16-8-13(14)10-19/h7-8,11H,5-6,9-10H2,1-4H3,(H,17,20). The first-order valence-electron chi connectivity index (χ1n) is 7.12. The fraction of sp³-hybridized carbons (Fsp3) is 0.600. The number of pyridine rings is 1. The number of carbonyl (C=O) groups is 1. The summed E-state index contributed by atoms with van der Waals surface area (Å²) in [5, 5.41) is 2.95. The highest BCUT2D eigenvalue weighted by molar-refractivity contribution is 5.74. The Kier molecular flexibility index (Phi) is 4.60. The molecule has 0 unspecified atom stereocenters. The van der Waals surface area contributed by atoms with Gasteiger partial charge < -0.3 is 15.1 Å². The lowest BCUT2D eigenvalue weighted by Crippen LogP contribution is -2.45. The van der Waals surface area contributed by atoms with Crippen LogP contribution in [0.1, 0.15) is 30.5 Å². The van der Waals surface area contributed by atoms with Gasteiger partial charge in [-0.3, -0.25) is 4.98 Å². The van der Waals surface area contributed by atoms with Crippen LogP contribution in [0, 0.1) is 0 Å². The summed E-state index contributed by atoms with van der Waals surface area (Å²) < 4.78 is 0. The lowest BCUT2D eigenvalue weighted by Gasteiger charge is -2.31. The highest BCUT2D eigenvalue weighted by Crippen LogP contribution is 2.22. The minimum atomic E-state index is 0.0173. The van der Waals surface area contributed by atoms with Crippen molar-refractivity contribution in [2.45, 2.75) is 39.4 Å². The average Bonchev–Trinajstić information content (AvgIpc) is 2.37. The predicted octanol–water partition coefficient (Wildman–Crippen LogP) is 1.62. The quantitative estimate of drug-likeness (QED) is 0.912. The number of aromatic nitrogens is 1. The number of carbonyl (C=O) groups excluding carboxylic acids is 1. The molecule has 0 saturated carbocycles. The van der Waals surface area contributed by atoms with Gasteiger partial charge >= 0.3 is 6.03 Å². The van der Waals surface area contributed by atoms with Crippen LogP contribution in [0.4, 0.5) is 4.79 Å². The first-order chi connectivity index (χ1) is 9.47. The number of fused-ring (bicyclic) bond motifs is 1. The fourth-order valence-corrected chi connectivity index (χ4v) is 2.56. The van der Waals surface area contributed by atoms with E-state index in [0.717, 1.165) is 19.5 Å². The predicted molar refractivity (Wildman–Crippen MR) is 79.4 cm³/mol. The molecule has 2 heterocycles. The summed E-state index contributed by atoms with van der Waals surface area (Å²) >= 11 is 0. The Morgan fingerprint density at radius 3 is 2.85 bits per heavy atom. The molecule has 5 heteroatoms. The molecule has 1 aliphatic rings. The zero-order valence-corrected chi connectivity index (χ0v) is 12.8. The second-order valence-corrected chi connectivity index (χ2v) is 5.95. The van der Waals surface area contributed by atoms with Crippen LogP contribution < -0.4 is 5.32 Å². The maximum atomic E-state index is 12.1. The zero-order chi connectivity index (χ0) is 14.7. The van der Waals surface area contributed by atoms with Crippen molar-refractivity contribution in [3.63, 3.8) is 0 Å². The maximum absolute atomic E-state index is 12.1. The molecule has 0 bridgehead atoms. The van der Waals surface area contributed by atoms with E-state index in [2.05, 4.69) is 29.3 Å². The van der Waals surface area contributed by atoms with Crippen molar-refractivity contribution >= 4 is 6.03 Å². The zero-order valence-electron chi connectivity index (χ0n) is 12.8. The van der Waals surface area contributed by atoms with E-state index in [9.17, 15) is 4.79 Å². The molecule has 1 N–H and O–H groups in total. The van der Waals surface area contributed by atoms with Crippen LogP contribution in [0.25, 0.3) is 0 Å². The first kappa shape index (κ1) is 14.8. The Labute approximate surface area is 121 Å². The van der Waals surface area contributed by atoms with Gasteiger partial charge in [-0.15, -0.1) is 0 Å². The van der Waals surface area contributed by atoms with Gasteiger partial charge in [0.2, 0.25) is 0 Å². The number of nitrogens with zero attached hydrogens (tertiary/aromatic N) is 3. The topological polar surface area (TPSA) is 48.5 Å². The average molecular weight is 276 g/mol. The summed E-state index contributed by atoms with van der Waals surface area (Å²) in [6.07, 6.45) is 4.75. The van der Waals surface area contributed by atoms with E-state index in [1.54, 1.807) is 0 Å². The second-order valence-electron chi connectivity index (χ2n) is 5.95. The van der Waals surface area contributed by atoms with E-state index >= 15 is 0 Å². The summed E-state index contributed by atoms with van der Waals surface area (Å²) in [6, 6.07) is 0.186. The lowest BCUT2D eigenvalue weighted by molar-refractivity contribution is 0.189. The Hall–Kier alpha value is -1.62. The molecule has 1 aliphatic heterocycles. The summed E-state index contributed by atoms with van der Waals surface area (Å²) in [5.74, 6) is 0. The van der Waals surface area contributed by atoms with E-state index in [0.29, 0.717) is 6.54 Å². The van der Waals surface area contributed by atoms with Crippen molar-refractivity contribution in [1.82, 2.24) is 20.1 Å².